The van der Waals surface area contributed by atoms with Gasteiger partial charge in [-0.25, -0.2) is 9.36 Å². The molecule has 1 rings (SSSR count). The zero-order valence-electron chi connectivity index (χ0n) is 16.4. The fraction of sp³-hybridized carbons (Fsp3) is 0.333. The Labute approximate surface area is 166 Å². The second kappa shape index (κ2) is 16.0. The summed E-state index contributed by atoms with van der Waals surface area (Å²) in [4.78, 5) is 11.8. The van der Waals surface area contributed by atoms with E-state index in [0.717, 1.165) is 0 Å². The highest BCUT2D eigenvalue weighted by Gasteiger charge is 2.09. The fourth-order valence-electron chi connectivity index (χ4n) is 1.77. The number of esters is 1. The molecule has 0 radical (unpaired) electrons. The summed E-state index contributed by atoms with van der Waals surface area (Å²) >= 11 is 0. The number of aryl methyl sites for hydroxylation is 1. The summed E-state index contributed by atoms with van der Waals surface area (Å²) in [6.45, 7) is 3.90. The highest BCUT2D eigenvalue weighted by atomic mass is 16.5. The van der Waals surface area contributed by atoms with Crippen molar-refractivity contribution < 1.29 is 33.0 Å². The molecule has 0 saturated carbocycles. The fourth-order valence-corrected chi connectivity index (χ4v) is 1.77. The van der Waals surface area contributed by atoms with Gasteiger partial charge in [-0.15, -0.1) is 0 Å². The molecule has 0 saturated heterocycles. The van der Waals surface area contributed by atoms with Crippen LogP contribution in [0.15, 0.2) is 73.9 Å². The van der Waals surface area contributed by atoms with Gasteiger partial charge in [-0.1, -0.05) is 0 Å². The molecule has 1 aromatic rings. The monoisotopic (exact) mass is 390 g/mol. The molecule has 1 aromatic heterocycles. The molecular weight excluding hydrogens is 362 g/mol. The van der Waals surface area contributed by atoms with Crippen molar-refractivity contribution in [2.24, 2.45) is 7.05 Å². The van der Waals surface area contributed by atoms with Crippen LogP contribution in [0.25, 0.3) is 0 Å². The summed E-state index contributed by atoms with van der Waals surface area (Å²) in [7, 11) is 1.84. The van der Waals surface area contributed by atoms with E-state index in [4.69, 9.17) is 23.7 Å². The molecule has 0 aliphatic carbocycles. The summed E-state index contributed by atoms with van der Waals surface area (Å²) in [6.07, 6.45) is 16.6. The normalized spacial score (nSPS) is 11.5. The maximum Gasteiger partial charge on any atom is 0.344 e. The Morgan fingerprint density at radius 2 is 1.43 bits per heavy atom. The number of rotatable bonds is 14. The minimum absolute atomic E-state index is 0.141. The Kier molecular flexibility index (Phi) is 13.0. The van der Waals surface area contributed by atoms with Crippen molar-refractivity contribution in [1.29, 1.82) is 0 Å². The third-order valence-corrected chi connectivity index (χ3v) is 3.00. The zero-order chi connectivity index (χ0) is 20.3. The van der Waals surface area contributed by atoms with E-state index in [-0.39, 0.29) is 12.6 Å². The van der Waals surface area contributed by atoms with Crippen LogP contribution in [-0.4, -0.2) is 39.0 Å². The molecule has 0 amide bonds. The van der Waals surface area contributed by atoms with Gasteiger partial charge in [0.05, 0.1) is 31.7 Å². The van der Waals surface area contributed by atoms with Gasteiger partial charge in [0.15, 0.2) is 12.4 Å². The summed E-state index contributed by atoms with van der Waals surface area (Å²) < 4.78 is 27.6. The Bertz CT molecular complexity index is 667. The summed E-state index contributed by atoms with van der Waals surface area (Å²) in [5, 5.41) is 0. The molecule has 0 atom stereocenters. The van der Waals surface area contributed by atoms with Crippen molar-refractivity contribution in [1.82, 2.24) is 0 Å². The zero-order valence-corrected chi connectivity index (χ0v) is 16.4. The van der Waals surface area contributed by atoms with E-state index in [0.29, 0.717) is 32.0 Å². The lowest BCUT2D eigenvalue weighted by atomic mass is 10.3. The minimum Gasteiger partial charge on any atom is -0.502 e. The van der Waals surface area contributed by atoms with Crippen molar-refractivity contribution in [2.75, 3.05) is 33.0 Å². The van der Waals surface area contributed by atoms with Crippen LogP contribution < -0.4 is 4.57 Å². The molecule has 0 aliphatic heterocycles. The number of pyridine rings is 1. The highest BCUT2D eigenvalue weighted by Crippen LogP contribution is 1.97. The molecule has 1 heterocycles. The van der Waals surface area contributed by atoms with E-state index < -0.39 is 0 Å². The Morgan fingerprint density at radius 1 is 0.893 bits per heavy atom. The minimum atomic E-state index is -0.378. The van der Waals surface area contributed by atoms with Gasteiger partial charge in [0.1, 0.15) is 39.0 Å². The topological polar surface area (TPSA) is 67.1 Å². The summed E-state index contributed by atoms with van der Waals surface area (Å²) in [5.74, 6) is -0.378. The number of carbonyl (C=O) groups excluding carboxylic acids is 1. The van der Waals surface area contributed by atoms with Gasteiger partial charge >= 0.3 is 5.97 Å². The first-order valence-corrected chi connectivity index (χ1v) is 8.93. The lowest BCUT2D eigenvalue weighted by molar-refractivity contribution is -0.671. The molecule has 0 fully saturated rings. The van der Waals surface area contributed by atoms with Gasteiger partial charge in [0.2, 0.25) is 0 Å². The van der Waals surface area contributed by atoms with Crippen molar-refractivity contribution in [2.45, 2.75) is 6.92 Å². The Balaban J connectivity index is 1.99. The predicted octanol–water partition coefficient (Wildman–Crippen LogP) is 2.81. The number of carbonyl (C=O) groups is 1. The lowest BCUT2D eigenvalue weighted by Gasteiger charge is -2.00. The molecule has 7 nitrogen and oxygen atoms in total. The van der Waals surface area contributed by atoms with E-state index in [1.54, 1.807) is 66.0 Å². The second-order valence-electron chi connectivity index (χ2n) is 5.30. The third-order valence-electron chi connectivity index (χ3n) is 3.00. The van der Waals surface area contributed by atoms with Gasteiger partial charge < -0.3 is 23.7 Å². The van der Waals surface area contributed by atoms with Gasteiger partial charge in [-0.05, 0) is 37.3 Å². The van der Waals surface area contributed by atoms with E-state index >= 15 is 0 Å². The van der Waals surface area contributed by atoms with Crippen molar-refractivity contribution in [3.8, 4) is 0 Å². The van der Waals surface area contributed by atoms with Crippen molar-refractivity contribution >= 4 is 5.97 Å². The second-order valence-corrected chi connectivity index (χ2v) is 5.30. The van der Waals surface area contributed by atoms with E-state index in [1.165, 1.54) is 6.26 Å². The van der Waals surface area contributed by atoms with Gasteiger partial charge in [-0.2, -0.15) is 0 Å². The molecule has 152 valence electrons. The average Bonchev–Trinajstić information content (AvgIpc) is 2.70. The molecule has 0 bridgehead atoms. The van der Waals surface area contributed by atoms with Crippen LogP contribution in [0.4, 0.5) is 0 Å². The lowest BCUT2D eigenvalue weighted by Crippen LogP contribution is -2.28. The maximum atomic E-state index is 11.8. The van der Waals surface area contributed by atoms with Gasteiger partial charge in [-0.3, -0.25) is 0 Å². The molecule has 0 aromatic carbocycles. The molecule has 0 spiro atoms. The summed E-state index contributed by atoms with van der Waals surface area (Å²) in [5.41, 5.74) is 0.501. The first-order valence-electron chi connectivity index (χ1n) is 8.93. The average molecular weight is 390 g/mol. The molecule has 0 aliphatic rings. The Morgan fingerprint density at radius 3 is 1.96 bits per heavy atom. The van der Waals surface area contributed by atoms with Crippen LogP contribution in [0.1, 0.15) is 17.3 Å². The largest absolute Gasteiger partial charge is 0.502 e. The standard InChI is InChI=1S/C21H28NO6/c1-3-24-11-5-12-25-13-6-14-26-15-7-16-27-17-8-18-28-21(23)20-9-4-10-22(2)19-20/h4-11,13,15,17,19H,3,12,14,16,18H2,1-2H3/q+1/b11-5+,13-6+,15-7+,17-8+. The predicted molar refractivity (Wildman–Crippen MR) is 104 cm³/mol. The van der Waals surface area contributed by atoms with Gasteiger partial charge in [0, 0.05) is 6.07 Å². The van der Waals surface area contributed by atoms with Crippen LogP contribution in [0, 0.1) is 0 Å². The molecule has 0 N–H and O–H groups in total. The third kappa shape index (κ3) is 12.2. The number of aromatic nitrogens is 1. The highest BCUT2D eigenvalue weighted by molar-refractivity contribution is 5.88. The van der Waals surface area contributed by atoms with Crippen molar-refractivity contribution in [3.05, 3.63) is 79.4 Å². The van der Waals surface area contributed by atoms with E-state index in [1.807, 2.05) is 20.2 Å². The van der Waals surface area contributed by atoms with Crippen LogP contribution in [-0.2, 0) is 30.7 Å². The van der Waals surface area contributed by atoms with Crippen LogP contribution in [0.5, 0.6) is 0 Å². The number of ether oxygens (including phenoxy) is 5. The van der Waals surface area contributed by atoms with E-state index in [2.05, 4.69) is 0 Å². The Hall–Kier alpha value is -3.22. The number of nitrogens with zero attached hydrogens (tertiary/aromatic N) is 1. The smallest absolute Gasteiger partial charge is 0.344 e. The molecule has 7 heteroatoms. The first kappa shape index (κ1) is 22.8. The first-order chi connectivity index (χ1) is 13.7. The quantitative estimate of drug-likeness (QED) is 0.211. The summed E-state index contributed by atoms with van der Waals surface area (Å²) in [6, 6.07) is 3.49. The number of hydrogen-bond donors (Lipinski definition) is 0. The SMILES string of the molecule is CCO/C=C/CO/C=C/CO/C=C/CO/C=C/COC(=O)c1ccc[n+](C)c1. The van der Waals surface area contributed by atoms with E-state index in [9.17, 15) is 4.79 Å². The number of hydrogen-bond acceptors (Lipinski definition) is 6. The maximum absolute atomic E-state index is 11.8. The van der Waals surface area contributed by atoms with Crippen molar-refractivity contribution in [3.63, 3.8) is 0 Å². The molecular formula is C21H28NO6+. The van der Waals surface area contributed by atoms with Crippen LogP contribution >= 0.6 is 0 Å². The molecule has 0 unspecified atom stereocenters. The van der Waals surface area contributed by atoms with Crippen LogP contribution in [0.3, 0.4) is 0 Å². The molecule has 28 heavy (non-hydrogen) atoms. The van der Waals surface area contributed by atoms with Crippen LogP contribution in [0.2, 0.25) is 0 Å². The van der Waals surface area contributed by atoms with Gasteiger partial charge in [0.25, 0.3) is 0 Å².